The lowest BCUT2D eigenvalue weighted by molar-refractivity contribution is -0.380. The van der Waals surface area contributed by atoms with Crippen molar-refractivity contribution in [3.8, 4) is 11.5 Å². The fourth-order valence-electron chi connectivity index (χ4n) is 2.20. The number of nitrogens with zero attached hydrogens (tertiary/aromatic N) is 3. The van der Waals surface area contributed by atoms with Gasteiger partial charge in [-0.1, -0.05) is 33.6 Å². The van der Waals surface area contributed by atoms with Gasteiger partial charge in [-0.2, -0.15) is 0 Å². The first-order valence-corrected chi connectivity index (χ1v) is 7.72. The molecule has 1 aromatic carbocycles. The highest BCUT2D eigenvalue weighted by Crippen LogP contribution is 2.26. The fraction of sp³-hybridized carbons (Fsp3) is 0.133. The number of aromatic nitrogens is 2. The Morgan fingerprint density at radius 1 is 1.21 bits per heavy atom. The maximum atomic E-state index is 12.1. The Labute approximate surface area is 140 Å². The molecular formula is C15H12N4O4S. The largest absolute Gasteiger partial charge is 0.403 e. The van der Waals surface area contributed by atoms with Gasteiger partial charge in [0.05, 0.1) is 9.80 Å². The van der Waals surface area contributed by atoms with Crippen molar-refractivity contribution >= 4 is 28.3 Å². The van der Waals surface area contributed by atoms with E-state index in [1.165, 1.54) is 12.1 Å². The van der Waals surface area contributed by atoms with Gasteiger partial charge in [0.1, 0.15) is 0 Å². The second kappa shape index (κ2) is 6.20. The number of thiophene rings is 1. The maximum absolute atomic E-state index is 12.1. The molecule has 0 fully saturated rings. The summed E-state index contributed by atoms with van der Waals surface area (Å²) in [4.78, 5) is 22.3. The summed E-state index contributed by atoms with van der Waals surface area (Å²) < 4.78 is 5.44. The third-order valence-electron chi connectivity index (χ3n) is 3.11. The van der Waals surface area contributed by atoms with Crippen molar-refractivity contribution in [3.63, 3.8) is 0 Å². The average molecular weight is 344 g/mol. The predicted molar refractivity (Wildman–Crippen MR) is 88.1 cm³/mol. The molecule has 1 amide bonds. The van der Waals surface area contributed by atoms with Crippen molar-refractivity contribution in [2.75, 3.05) is 5.32 Å². The molecule has 0 radical (unpaired) electrons. The van der Waals surface area contributed by atoms with Gasteiger partial charge in [0, 0.05) is 11.6 Å². The molecule has 0 bridgehead atoms. The number of hydrogen-bond donors (Lipinski definition) is 1. The molecule has 8 nitrogen and oxygen atoms in total. The summed E-state index contributed by atoms with van der Waals surface area (Å²) in [7, 11) is 0. The number of hydrogen-bond acceptors (Lipinski definition) is 7. The molecule has 0 saturated heterocycles. The van der Waals surface area contributed by atoms with E-state index in [1.54, 1.807) is 0 Å². The Bertz CT molecular complexity index is 911. The molecule has 2 aromatic heterocycles. The molecule has 3 rings (SSSR count). The molecule has 0 unspecified atom stereocenters. The molecule has 0 aliphatic heterocycles. The number of benzene rings is 1. The van der Waals surface area contributed by atoms with Crippen LogP contribution in [0.15, 0.2) is 34.7 Å². The summed E-state index contributed by atoms with van der Waals surface area (Å²) in [5.41, 5.74) is 2.87. The number of carbonyl (C=O) groups excluding carboxylic acids is 1. The molecule has 0 saturated carbocycles. The van der Waals surface area contributed by atoms with E-state index in [9.17, 15) is 14.9 Å². The summed E-state index contributed by atoms with van der Waals surface area (Å²) in [6.07, 6.45) is 0. The minimum atomic E-state index is -0.549. The zero-order chi connectivity index (χ0) is 17.3. The molecule has 0 aliphatic carbocycles. The molecule has 3 aromatic rings. The quantitative estimate of drug-likeness (QED) is 0.572. The van der Waals surface area contributed by atoms with Gasteiger partial charge in [0.25, 0.3) is 5.91 Å². The average Bonchev–Trinajstić information content (AvgIpc) is 3.15. The van der Waals surface area contributed by atoms with Crippen LogP contribution in [-0.4, -0.2) is 21.0 Å². The number of amides is 1. The van der Waals surface area contributed by atoms with Crippen LogP contribution in [0.3, 0.4) is 0 Å². The van der Waals surface area contributed by atoms with Crippen molar-refractivity contribution in [1.29, 1.82) is 0 Å². The summed E-state index contributed by atoms with van der Waals surface area (Å²) >= 11 is 0.774. The van der Waals surface area contributed by atoms with Gasteiger partial charge in [0.2, 0.25) is 5.89 Å². The van der Waals surface area contributed by atoms with Crippen LogP contribution in [0.1, 0.15) is 20.8 Å². The van der Waals surface area contributed by atoms with Crippen molar-refractivity contribution < 1.29 is 14.1 Å². The topological polar surface area (TPSA) is 111 Å². The van der Waals surface area contributed by atoms with Crippen LogP contribution in [0.5, 0.6) is 0 Å². The number of carbonyl (C=O) groups is 1. The lowest BCUT2D eigenvalue weighted by Crippen LogP contribution is -2.10. The SMILES string of the molecule is Cc1cc(C)cc(-c2nnc(NC(=O)c3ccc([N+](=O)[O-])s3)o2)c1. The van der Waals surface area contributed by atoms with E-state index in [4.69, 9.17) is 4.42 Å². The van der Waals surface area contributed by atoms with E-state index in [1.807, 2.05) is 32.0 Å². The number of anilines is 1. The molecule has 0 atom stereocenters. The van der Waals surface area contributed by atoms with E-state index in [-0.39, 0.29) is 21.8 Å². The highest BCUT2D eigenvalue weighted by atomic mass is 32.1. The van der Waals surface area contributed by atoms with Gasteiger partial charge in [-0.25, -0.2) is 0 Å². The molecule has 122 valence electrons. The van der Waals surface area contributed by atoms with Crippen LogP contribution >= 0.6 is 11.3 Å². The molecule has 0 spiro atoms. The van der Waals surface area contributed by atoms with Crippen molar-refractivity contribution in [2.45, 2.75) is 13.8 Å². The van der Waals surface area contributed by atoms with E-state index >= 15 is 0 Å². The van der Waals surface area contributed by atoms with Crippen LogP contribution in [0.2, 0.25) is 0 Å². The van der Waals surface area contributed by atoms with Crippen LogP contribution in [0.4, 0.5) is 11.0 Å². The van der Waals surface area contributed by atoms with E-state index in [0.29, 0.717) is 0 Å². The first kappa shape index (κ1) is 15.8. The monoisotopic (exact) mass is 344 g/mol. The van der Waals surface area contributed by atoms with Crippen LogP contribution in [0, 0.1) is 24.0 Å². The minimum Gasteiger partial charge on any atom is -0.403 e. The van der Waals surface area contributed by atoms with Crippen LogP contribution < -0.4 is 5.32 Å². The van der Waals surface area contributed by atoms with Crippen LogP contribution in [0.25, 0.3) is 11.5 Å². The second-order valence-electron chi connectivity index (χ2n) is 5.14. The number of nitro groups is 1. The predicted octanol–water partition coefficient (Wildman–Crippen LogP) is 3.58. The molecule has 24 heavy (non-hydrogen) atoms. The molecular weight excluding hydrogens is 332 g/mol. The van der Waals surface area contributed by atoms with Crippen molar-refractivity contribution in [2.24, 2.45) is 0 Å². The van der Waals surface area contributed by atoms with Gasteiger partial charge in [-0.15, -0.1) is 5.10 Å². The number of aryl methyl sites for hydroxylation is 2. The standard InChI is InChI=1S/C15H12N4O4S/c1-8-5-9(2)7-10(6-8)14-17-18-15(23-14)16-13(20)11-3-4-12(24-11)19(21)22/h3-7H,1-2H3,(H,16,18,20). The highest BCUT2D eigenvalue weighted by Gasteiger charge is 2.18. The zero-order valence-electron chi connectivity index (χ0n) is 12.8. The Hall–Kier alpha value is -3.07. The van der Waals surface area contributed by atoms with Crippen molar-refractivity contribution in [3.05, 3.63) is 56.5 Å². The smallest absolute Gasteiger partial charge is 0.324 e. The Morgan fingerprint density at radius 3 is 2.54 bits per heavy atom. The number of nitrogens with one attached hydrogen (secondary N) is 1. The Kier molecular flexibility index (Phi) is 4.09. The Balaban J connectivity index is 1.78. The minimum absolute atomic E-state index is 0.0646. The first-order chi connectivity index (χ1) is 11.4. The molecule has 0 aliphatic rings. The summed E-state index contributed by atoms with van der Waals surface area (Å²) in [6.45, 7) is 3.92. The zero-order valence-corrected chi connectivity index (χ0v) is 13.6. The van der Waals surface area contributed by atoms with Gasteiger partial charge < -0.3 is 4.42 Å². The Morgan fingerprint density at radius 2 is 1.92 bits per heavy atom. The highest BCUT2D eigenvalue weighted by molar-refractivity contribution is 7.17. The van der Waals surface area contributed by atoms with Gasteiger partial charge >= 0.3 is 11.0 Å². The normalized spacial score (nSPS) is 10.6. The lowest BCUT2D eigenvalue weighted by Gasteiger charge is -2.00. The van der Waals surface area contributed by atoms with Crippen molar-refractivity contribution in [1.82, 2.24) is 10.2 Å². The number of rotatable bonds is 4. The van der Waals surface area contributed by atoms with E-state index in [2.05, 4.69) is 15.5 Å². The second-order valence-corrected chi connectivity index (χ2v) is 6.20. The third-order valence-corrected chi connectivity index (χ3v) is 4.15. The van der Waals surface area contributed by atoms with Gasteiger partial charge in [0.15, 0.2) is 0 Å². The third kappa shape index (κ3) is 3.30. The summed E-state index contributed by atoms with van der Waals surface area (Å²) in [6, 6.07) is 8.40. The van der Waals surface area contributed by atoms with Gasteiger partial charge in [-0.3, -0.25) is 20.2 Å². The van der Waals surface area contributed by atoms with E-state index < -0.39 is 10.8 Å². The molecule has 2 heterocycles. The molecule has 9 heteroatoms. The van der Waals surface area contributed by atoms with E-state index in [0.717, 1.165) is 28.0 Å². The van der Waals surface area contributed by atoms with Crippen LogP contribution in [-0.2, 0) is 0 Å². The fourth-order valence-corrected chi connectivity index (χ4v) is 2.91. The summed E-state index contributed by atoms with van der Waals surface area (Å²) in [5, 5.41) is 20.7. The first-order valence-electron chi connectivity index (χ1n) is 6.90. The molecule has 1 N–H and O–H groups in total. The lowest BCUT2D eigenvalue weighted by atomic mass is 10.1. The summed E-state index contributed by atoms with van der Waals surface area (Å²) in [5.74, 6) is -0.252. The maximum Gasteiger partial charge on any atom is 0.324 e. The van der Waals surface area contributed by atoms with Gasteiger partial charge in [-0.05, 0) is 32.0 Å².